The van der Waals surface area contributed by atoms with Crippen molar-refractivity contribution >= 4 is 0 Å². The minimum absolute atomic E-state index is 0.269. The van der Waals surface area contributed by atoms with Gasteiger partial charge in [-0.15, -0.1) is 0 Å². The van der Waals surface area contributed by atoms with Crippen molar-refractivity contribution in [2.75, 3.05) is 14.2 Å². The lowest BCUT2D eigenvalue weighted by Crippen LogP contribution is -2.28. The molecule has 0 amide bonds. The van der Waals surface area contributed by atoms with Crippen LogP contribution in [0.4, 0.5) is 0 Å². The lowest BCUT2D eigenvalue weighted by Gasteiger charge is -2.25. The third-order valence-corrected chi connectivity index (χ3v) is 3.20. The van der Waals surface area contributed by atoms with Crippen molar-refractivity contribution in [2.45, 2.75) is 52.1 Å². The highest BCUT2D eigenvalue weighted by atomic mass is 16.5. The molecule has 0 radical (unpaired) electrons. The lowest BCUT2D eigenvalue weighted by molar-refractivity contribution is 0.356. The largest absolute Gasteiger partial charge is 0.496 e. The molecular formula is C16H27NO2. The smallest absolute Gasteiger partial charge is 0.127 e. The number of hydrogen-bond donors (Lipinski definition) is 1. The molecule has 0 heterocycles. The zero-order valence-corrected chi connectivity index (χ0v) is 12.8. The van der Waals surface area contributed by atoms with Crippen molar-refractivity contribution in [1.82, 2.24) is 5.32 Å². The summed E-state index contributed by atoms with van der Waals surface area (Å²) in [5.74, 6) is 1.79. The SMILES string of the molecule is CCCCC(NC(C)C)c1c(OC)cccc1OC. The number of methoxy groups -OCH3 is 2. The summed E-state index contributed by atoms with van der Waals surface area (Å²) in [6.45, 7) is 6.55. The van der Waals surface area contributed by atoms with Crippen molar-refractivity contribution in [2.24, 2.45) is 0 Å². The fourth-order valence-electron chi connectivity index (χ4n) is 2.34. The summed E-state index contributed by atoms with van der Waals surface area (Å²) in [7, 11) is 3.43. The Morgan fingerprint density at radius 1 is 1.11 bits per heavy atom. The molecule has 1 atom stereocenters. The van der Waals surface area contributed by atoms with E-state index >= 15 is 0 Å². The van der Waals surface area contributed by atoms with Crippen molar-refractivity contribution in [3.8, 4) is 11.5 Å². The predicted octanol–water partition coefficient (Wildman–Crippen LogP) is 3.93. The number of unbranched alkanes of at least 4 members (excludes halogenated alkanes) is 1. The number of nitrogens with one attached hydrogen (secondary N) is 1. The molecule has 3 nitrogen and oxygen atoms in total. The Morgan fingerprint density at radius 3 is 2.11 bits per heavy atom. The van der Waals surface area contributed by atoms with Crippen LogP contribution in [0.3, 0.4) is 0 Å². The van der Waals surface area contributed by atoms with Gasteiger partial charge in [-0.3, -0.25) is 0 Å². The zero-order valence-electron chi connectivity index (χ0n) is 12.8. The molecule has 3 heteroatoms. The Hall–Kier alpha value is -1.22. The number of benzene rings is 1. The Morgan fingerprint density at radius 2 is 1.68 bits per heavy atom. The molecule has 1 aromatic carbocycles. The first-order valence-corrected chi connectivity index (χ1v) is 7.10. The van der Waals surface area contributed by atoms with Crippen LogP contribution in [-0.4, -0.2) is 20.3 Å². The van der Waals surface area contributed by atoms with Gasteiger partial charge in [-0.25, -0.2) is 0 Å². The first-order chi connectivity index (χ1) is 9.13. The van der Waals surface area contributed by atoms with Crippen LogP contribution >= 0.6 is 0 Å². The van der Waals surface area contributed by atoms with E-state index < -0.39 is 0 Å². The van der Waals surface area contributed by atoms with E-state index in [0.717, 1.165) is 23.5 Å². The summed E-state index contributed by atoms with van der Waals surface area (Å²) in [6, 6.07) is 6.66. The van der Waals surface area contributed by atoms with Crippen LogP contribution in [0.15, 0.2) is 18.2 Å². The molecule has 1 N–H and O–H groups in total. The molecule has 0 aromatic heterocycles. The number of hydrogen-bond acceptors (Lipinski definition) is 3. The molecule has 0 aliphatic carbocycles. The zero-order chi connectivity index (χ0) is 14.3. The molecule has 1 unspecified atom stereocenters. The molecule has 0 bridgehead atoms. The molecule has 0 aliphatic heterocycles. The topological polar surface area (TPSA) is 30.5 Å². The van der Waals surface area contributed by atoms with Crippen molar-refractivity contribution in [1.29, 1.82) is 0 Å². The lowest BCUT2D eigenvalue weighted by atomic mass is 9.98. The third kappa shape index (κ3) is 4.43. The molecule has 1 rings (SSSR count). The normalized spacial score (nSPS) is 12.5. The second-order valence-corrected chi connectivity index (χ2v) is 5.09. The maximum Gasteiger partial charge on any atom is 0.127 e. The molecule has 0 saturated heterocycles. The van der Waals surface area contributed by atoms with Gasteiger partial charge in [0.2, 0.25) is 0 Å². The van der Waals surface area contributed by atoms with E-state index in [0.29, 0.717) is 6.04 Å². The average Bonchev–Trinajstić information content (AvgIpc) is 2.42. The van der Waals surface area contributed by atoms with Crippen LogP contribution in [0, 0.1) is 0 Å². The first kappa shape index (κ1) is 15.8. The van der Waals surface area contributed by atoms with Gasteiger partial charge < -0.3 is 14.8 Å². The van der Waals surface area contributed by atoms with Crippen LogP contribution in [0.1, 0.15) is 51.6 Å². The summed E-state index contributed by atoms with van der Waals surface area (Å²) < 4.78 is 11.0. The van der Waals surface area contributed by atoms with Gasteiger partial charge in [0.15, 0.2) is 0 Å². The summed E-state index contributed by atoms with van der Waals surface area (Å²) in [5.41, 5.74) is 1.13. The van der Waals surface area contributed by atoms with Gasteiger partial charge in [-0.1, -0.05) is 39.7 Å². The Kier molecular flexibility index (Phi) is 6.71. The average molecular weight is 265 g/mol. The molecule has 19 heavy (non-hydrogen) atoms. The van der Waals surface area contributed by atoms with Gasteiger partial charge in [-0.05, 0) is 18.6 Å². The van der Waals surface area contributed by atoms with Gasteiger partial charge in [-0.2, -0.15) is 0 Å². The highest BCUT2D eigenvalue weighted by Gasteiger charge is 2.20. The van der Waals surface area contributed by atoms with Gasteiger partial charge in [0, 0.05) is 12.1 Å². The van der Waals surface area contributed by atoms with E-state index in [2.05, 4.69) is 26.1 Å². The summed E-state index contributed by atoms with van der Waals surface area (Å²) in [5, 5.41) is 3.62. The van der Waals surface area contributed by atoms with Crippen LogP contribution in [-0.2, 0) is 0 Å². The van der Waals surface area contributed by atoms with E-state index in [4.69, 9.17) is 9.47 Å². The van der Waals surface area contributed by atoms with E-state index in [9.17, 15) is 0 Å². The predicted molar refractivity (Wildman–Crippen MR) is 80.1 cm³/mol. The molecule has 0 aliphatic rings. The first-order valence-electron chi connectivity index (χ1n) is 7.10. The van der Waals surface area contributed by atoms with Crippen molar-refractivity contribution < 1.29 is 9.47 Å². The van der Waals surface area contributed by atoms with E-state index in [-0.39, 0.29) is 6.04 Å². The van der Waals surface area contributed by atoms with Crippen molar-refractivity contribution in [3.63, 3.8) is 0 Å². The monoisotopic (exact) mass is 265 g/mol. The van der Waals surface area contributed by atoms with Gasteiger partial charge >= 0.3 is 0 Å². The Bertz CT molecular complexity index is 355. The van der Waals surface area contributed by atoms with Crippen molar-refractivity contribution in [3.05, 3.63) is 23.8 Å². The summed E-state index contributed by atoms with van der Waals surface area (Å²) in [4.78, 5) is 0. The fourth-order valence-corrected chi connectivity index (χ4v) is 2.34. The quantitative estimate of drug-likeness (QED) is 0.772. The van der Waals surface area contributed by atoms with Crippen LogP contribution in [0.25, 0.3) is 0 Å². The van der Waals surface area contributed by atoms with E-state index in [1.807, 2.05) is 18.2 Å². The minimum Gasteiger partial charge on any atom is -0.496 e. The van der Waals surface area contributed by atoms with Crippen LogP contribution < -0.4 is 14.8 Å². The van der Waals surface area contributed by atoms with Crippen LogP contribution in [0.2, 0.25) is 0 Å². The fraction of sp³-hybridized carbons (Fsp3) is 0.625. The summed E-state index contributed by atoms with van der Waals surface area (Å²) in [6.07, 6.45) is 3.46. The third-order valence-electron chi connectivity index (χ3n) is 3.20. The molecular weight excluding hydrogens is 238 g/mol. The van der Waals surface area contributed by atoms with E-state index in [1.165, 1.54) is 12.8 Å². The maximum atomic E-state index is 5.51. The number of rotatable bonds is 8. The van der Waals surface area contributed by atoms with E-state index in [1.54, 1.807) is 14.2 Å². The van der Waals surface area contributed by atoms with Gasteiger partial charge in [0.25, 0.3) is 0 Å². The second kappa shape index (κ2) is 8.05. The highest BCUT2D eigenvalue weighted by Crippen LogP contribution is 2.36. The highest BCUT2D eigenvalue weighted by molar-refractivity contribution is 5.47. The van der Waals surface area contributed by atoms with Gasteiger partial charge in [0.05, 0.1) is 19.8 Å². The van der Waals surface area contributed by atoms with Crippen LogP contribution in [0.5, 0.6) is 11.5 Å². The minimum atomic E-state index is 0.269. The molecule has 0 spiro atoms. The van der Waals surface area contributed by atoms with Gasteiger partial charge in [0.1, 0.15) is 11.5 Å². The maximum absolute atomic E-state index is 5.51. The standard InChI is InChI=1S/C16H27NO2/c1-6-7-9-13(17-12(2)3)16-14(18-4)10-8-11-15(16)19-5/h8,10-13,17H,6-7,9H2,1-5H3. The Labute approximate surface area is 117 Å². The molecule has 0 saturated carbocycles. The molecule has 108 valence electrons. The molecule has 0 fully saturated rings. The molecule has 1 aromatic rings. The Balaban J connectivity index is 3.10. The second-order valence-electron chi connectivity index (χ2n) is 5.09. The number of ether oxygens (including phenoxy) is 2. The summed E-state index contributed by atoms with van der Waals surface area (Å²) >= 11 is 0.